The number of hydrogen-bond donors (Lipinski definition) is 1. The molecule has 2 aliphatic heterocycles. The lowest BCUT2D eigenvalue weighted by Crippen LogP contribution is -2.56. The van der Waals surface area contributed by atoms with Gasteiger partial charge in [-0.05, 0) is 12.8 Å². The van der Waals surface area contributed by atoms with Gasteiger partial charge in [-0.15, -0.1) is 0 Å². The van der Waals surface area contributed by atoms with Crippen molar-refractivity contribution in [1.82, 2.24) is 14.7 Å². The summed E-state index contributed by atoms with van der Waals surface area (Å²) in [4.78, 5) is 2.22. The Morgan fingerprint density at radius 1 is 1.58 bits per heavy atom. The number of likely N-dealkylation sites (tertiary alicyclic amines) is 1. The van der Waals surface area contributed by atoms with Crippen LogP contribution in [0.3, 0.4) is 0 Å². The summed E-state index contributed by atoms with van der Waals surface area (Å²) in [6, 6.07) is 2.39. The zero-order valence-corrected chi connectivity index (χ0v) is 10.8. The van der Waals surface area contributed by atoms with E-state index in [4.69, 9.17) is 10.00 Å². The van der Waals surface area contributed by atoms with Crippen molar-refractivity contribution < 1.29 is 9.84 Å². The Morgan fingerprint density at radius 3 is 3.05 bits per heavy atom. The van der Waals surface area contributed by atoms with Gasteiger partial charge >= 0.3 is 0 Å². The second-order valence-corrected chi connectivity index (χ2v) is 5.55. The lowest BCUT2D eigenvalue weighted by Gasteiger charge is -2.44. The van der Waals surface area contributed by atoms with E-state index < -0.39 is 5.60 Å². The van der Waals surface area contributed by atoms with E-state index in [0.717, 1.165) is 32.5 Å². The molecule has 1 aromatic rings. The number of aromatic nitrogens is 2. The molecule has 19 heavy (non-hydrogen) atoms. The van der Waals surface area contributed by atoms with Gasteiger partial charge in [-0.1, -0.05) is 0 Å². The predicted molar refractivity (Wildman–Crippen MR) is 67.4 cm³/mol. The van der Waals surface area contributed by atoms with Crippen molar-refractivity contribution in [3.63, 3.8) is 0 Å². The van der Waals surface area contributed by atoms with E-state index >= 15 is 0 Å². The zero-order chi connectivity index (χ0) is 13.3. The summed E-state index contributed by atoms with van der Waals surface area (Å²) in [7, 11) is 0. The van der Waals surface area contributed by atoms with Crippen LogP contribution in [0.1, 0.15) is 24.4 Å². The molecular formula is C13H18N4O2. The number of ether oxygens (including phenoxy) is 1. The average Bonchev–Trinajstić information content (AvgIpc) is 2.82. The van der Waals surface area contributed by atoms with Gasteiger partial charge in [0.1, 0.15) is 11.7 Å². The molecule has 0 aliphatic carbocycles. The monoisotopic (exact) mass is 262 g/mol. The van der Waals surface area contributed by atoms with Gasteiger partial charge in [0.2, 0.25) is 0 Å². The lowest BCUT2D eigenvalue weighted by atomic mass is 9.94. The number of aliphatic hydroxyl groups is 1. The van der Waals surface area contributed by atoms with E-state index in [2.05, 4.69) is 16.1 Å². The minimum Gasteiger partial charge on any atom is -0.386 e. The van der Waals surface area contributed by atoms with Crippen molar-refractivity contribution in [2.24, 2.45) is 0 Å². The normalized spacial score (nSPS) is 28.8. The molecule has 2 aliphatic rings. The summed E-state index contributed by atoms with van der Waals surface area (Å²) >= 11 is 0. The number of nitriles is 1. The minimum atomic E-state index is -0.689. The predicted octanol–water partition coefficient (Wildman–Crippen LogP) is 0.153. The van der Waals surface area contributed by atoms with Crippen LogP contribution in [-0.4, -0.2) is 58.2 Å². The van der Waals surface area contributed by atoms with E-state index in [1.54, 1.807) is 12.4 Å². The Labute approximate surface area is 112 Å². The molecule has 2 fully saturated rings. The molecule has 3 heterocycles. The summed E-state index contributed by atoms with van der Waals surface area (Å²) < 4.78 is 7.20. The molecule has 0 bridgehead atoms. The maximum atomic E-state index is 10.4. The Hall–Kier alpha value is -1.42. The van der Waals surface area contributed by atoms with E-state index in [0.29, 0.717) is 24.8 Å². The van der Waals surface area contributed by atoms with Crippen molar-refractivity contribution in [2.45, 2.75) is 24.5 Å². The number of nitrogens with zero attached hydrogens (tertiary/aromatic N) is 4. The van der Waals surface area contributed by atoms with Gasteiger partial charge in [-0.3, -0.25) is 9.58 Å². The van der Waals surface area contributed by atoms with Crippen LogP contribution >= 0.6 is 0 Å². The molecule has 0 spiro atoms. The highest BCUT2D eigenvalue weighted by molar-refractivity contribution is 5.22. The SMILES string of the molecule is N#Cc1cnn(C2CN(CC3(O)CCCOC3)C2)c1. The fraction of sp³-hybridized carbons (Fsp3) is 0.692. The maximum absolute atomic E-state index is 10.4. The highest BCUT2D eigenvalue weighted by Gasteiger charge is 2.37. The van der Waals surface area contributed by atoms with Crippen LogP contribution in [0.5, 0.6) is 0 Å². The van der Waals surface area contributed by atoms with E-state index in [1.807, 2.05) is 4.68 Å². The molecule has 102 valence electrons. The van der Waals surface area contributed by atoms with Crippen LogP contribution in [0.15, 0.2) is 12.4 Å². The molecule has 0 amide bonds. The molecule has 1 N–H and O–H groups in total. The van der Waals surface area contributed by atoms with Crippen molar-refractivity contribution in [3.05, 3.63) is 18.0 Å². The third-order valence-electron chi connectivity index (χ3n) is 3.86. The van der Waals surface area contributed by atoms with Crippen LogP contribution in [0.2, 0.25) is 0 Å². The summed E-state index contributed by atoms with van der Waals surface area (Å²) in [5.74, 6) is 0. The molecule has 1 atom stereocenters. The van der Waals surface area contributed by atoms with Crippen molar-refractivity contribution in [3.8, 4) is 6.07 Å². The van der Waals surface area contributed by atoms with Crippen molar-refractivity contribution >= 4 is 0 Å². The molecule has 0 saturated carbocycles. The second-order valence-electron chi connectivity index (χ2n) is 5.55. The molecule has 2 saturated heterocycles. The average molecular weight is 262 g/mol. The zero-order valence-electron chi connectivity index (χ0n) is 10.8. The van der Waals surface area contributed by atoms with Gasteiger partial charge in [-0.25, -0.2) is 0 Å². The Bertz CT molecular complexity index is 481. The molecular weight excluding hydrogens is 244 g/mol. The molecule has 3 rings (SSSR count). The molecule has 1 aromatic heterocycles. The summed E-state index contributed by atoms with van der Waals surface area (Å²) in [6.45, 7) is 3.60. The first kappa shape index (κ1) is 12.6. The van der Waals surface area contributed by atoms with E-state index in [1.165, 1.54) is 0 Å². The molecule has 0 radical (unpaired) electrons. The molecule has 0 aromatic carbocycles. The fourth-order valence-corrected chi connectivity index (χ4v) is 2.81. The largest absolute Gasteiger partial charge is 0.386 e. The Kier molecular flexibility index (Phi) is 3.27. The third-order valence-corrected chi connectivity index (χ3v) is 3.86. The third kappa shape index (κ3) is 2.63. The first-order valence-corrected chi connectivity index (χ1v) is 6.65. The van der Waals surface area contributed by atoms with Crippen LogP contribution < -0.4 is 0 Å². The second kappa shape index (κ2) is 4.93. The quantitative estimate of drug-likeness (QED) is 0.839. The molecule has 6 heteroatoms. The number of β-amino-alcohol motifs (C(OH)–C–C–N with tert-alkyl or cyclic N) is 1. The molecule has 6 nitrogen and oxygen atoms in total. The first-order chi connectivity index (χ1) is 9.18. The van der Waals surface area contributed by atoms with Gasteiger partial charge in [-0.2, -0.15) is 10.4 Å². The smallest absolute Gasteiger partial charge is 0.102 e. The van der Waals surface area contributed by atoms with Gasteiger partial charge < -0.3 is 9.84 Å². The van der Waals surface area contributed by atoms with Gasteiger partial charge in [0.25, 0.3) is 0 Å². The van der Waals surface area contributed by atoms with Crippen LogP contribution in [0, 0.1) is 11.3 Å². The van der Waals surface area contributed by atoms with Crippen molar-refractivity contribution in [2.75, 3.05) is 32.8 Å². The van der Waals surface area contributed by atoms with E-state index in [9.17, 15) is 5.11 Å². The highest BCUT2D eigenvalue weighted by atomic mass is 16.5. The van der Waals surface area contributed by atoms with Crippen LogP contribution in [-0.2, 0) is 4.74 Å². The number of hydrogen-bond acceptors (Lipinski definition) is 5. The van der Waals surface area contributed by atoms with E-state index in [-0.39, 0.29) is 0 Å². The summed E-state index contributed by atoms with van der Waals surface area (Å²) in [6.07, 6.45) is 5.11. The Morgan fingerprint density at radius 2 is 2.42 bits per heavy atom. The number of rotatable bonds is 3. The van der Waals surface area contributed by atoms with Crippen molar-refractivity contribution in [1.29, 1.82) is 5.26 Å². The van der Waals surface area contributed by atoms with Gasteiger partial charge in [0.15, 0.2) is 0 Å². The fourth-order valence-electron chi connectivity index (χ4n) is 2.81. The lowest BCUT2D eigenvalue weighted by molar-refractivity contribution is -0.112. The topological polar surface area (TPSA) is 74.3 Å². The van der Waals surface area contributed by atoms with Gasteiger partial charge in [0, 0.05) is 32.4 Å². The highest BCUT2D eigenvalue weighted by Crippen LogP contribution is 2.26. The van der Waals surface area contributed by atoms with Gasteiger partial charge in [0.05, 0.1) is 24.4 Å². The molecule has 1 unspecified atom stereocenters. The standard InChI is InChI=1S/C13H18N4O2/c14-4-11-5-15-17(6-11)12-7-16(8-12)9-13(18)2-1-3-19-10-13/h5-6,12,18H,1-3,7-10H2. The minimum absolute atomic E-state index is 0.315. The maximum Gasteiger partial charge on any atom is 0.102 e. The first-order valence-electron chi connectivity index (χ1n) is 6.65. The van der Waals surface area contributed by atoms with Crippen LogP contribution in [0.25, 0.3) is 0 Å². The van der Waals surface area contributed by atoms with Crippen LogP contribution in [0.4, 0.5) is 0 Å². The summed E-state index contributed by atoms with van der Waals surface area (Å²) in [5, 5.41) is 23.3. The Balaban J connectivity index is 1.51. The summed E-state index contributed by atoms with van der Waals surface area (Å²) in [5.41, 5.74) is -0.0942.